The average Bonchev–Trinajstić information content (AvgIpc) is 4.07. The van der Waals surface area contributed by atoms with E-state index in [2.05, 4.69) is 213 Å². The number of ether oxygens (including phenoxy) is 1. The van der Waals surface area contributed by atoms with Crippen LogP contribution in [-0.4, -0.2) is 36.2 Å². The van der Waals surface area contributed by atoms with E-state index >= 15 is 0 Å². The number of pyridine rings is 1. The highest BCUT2D eigenvalue weighted by Gasteiger charge is 2.46. The topological polar surface area (TPSA) is 97.5 Å². The third-order valence-corrected chi connectivity index (χ3v) is 15.9. The lowest BCUT2D eigenvalue weighted by Crippen LogP contribution is -2.52. The normalized spacial score (nSPS) is 25.2. The number of para-hydroxylation sites is 3. The SMILES string of the molecule is C/C=C\CC.CC1=C2C(NC(C3=CC=C(C4Nc5ccccc5S4)NC3)N1)c1ccccc1C2(C)C.CC1NC(c2ccnc(C3Oc4ccccc4N3C)c2)NC2=C1C(C)(C)c1ccccc12. The summed E-state index contributed by atoms with van der Waals surface area (Å²) in [6.45, 7) is 18.8. The molecule has 10 heteroatoms. The zero-order chi connectivity index (χ0) is 47.3. The minimum absolute atomic E-state index is 0.00143. The van der Waals surface area contributed by atoms with E-state index in [0.29, 0.717) is 0 Å². The smallest absolute Gasteiger partial charge is 0.215 e. The largest absolute Gasteiger partial charge is 0.462 e. The van der Waals surface area contributed by atoms with Gasteiger partial charge in [-0.2, -0.15) is 0 Å². The average molecular weight is 923 g/mol. The Kier molecular flexibility index (Phi) is 12.3. The summed E-state index contributed by atoms with van der Waals surface area (Å²) in [6, 6.07) is 39.0. The standard InChI is InChI=1S/C27H28N4O.C26H28N4S.C5H10/c1-16-23-24(18-9-5-6-10-19(18)27(23,2)3)30-25(29-16)17-13-14-28-20(15-17)26-31(4)21-11-7-8-12-22(21)32-26;1-15-22-23(17-8-4-5-9-18(17)26(22,2)3)30-24(28-15)16-12-13-20(27-14-16)25-29-19-10-6-7-11-21(19)31-25;1-3-5-4-2/h5-16,25-26,29-30H,1-4H3;4-13,23-25,27-30H,14H2,1-3H3;3,5H,4H2,1-2H3/b;;5-3-. The van der Waals surface area contributed by atoms with E-state index in [1.807, 2.05) is 43.1 Å². The Morgan fingerprint density at radius 1 is 0.809 bits per heavy atom. The maximum atomic E-state index is 6.23. The number of aromatic nitrogens is 1. The number of nitrogens with zero attached hydrogens (tertiary/aromatic N) is 2. The molecule has 0 fully saturated rings. The second-order valence-electron chi connectivity index (χ2n) is 19.7. The van der Waals surface area contributed by atoms with Crippen molar-refractivity contribution in [2.45, 2.75) is 114 Å². The summed E-state index contributed by atoms with van der Waals surface area (Å²) in [5, 5.41) is 22.8. The number of rotatable bonds is 5. The Morgan fingerprint density at radius 3 is 2.29 bits per heavy atom. The second kappa shape index (κ2) is 18.4. The lowest BCUT2D eigenvalue weighted by molar-refractivity contribution is 0.229. The molecule has 7 aliphatic rings. The van der Waals surface area contributed by atoms with E-state index in [1.54, 1.807) is 0 Å². The highest BCUT2D eigenvalue weighted by Crippen LogP contribution is 2.52. The van der Waals surface area contributed by atoms with Crippen molar-refractivity contribution in [1.82, 2.24) is 31.6 Å². The van der Waals surface area contributed by atoms with Crippen molar-refractivity contribution in [1.29, 1.82) is 0 Å². The molecule has 350 valence electrons. The van der Waals surface area contributed by atoms with Crippen LogP contribution in [0, 0.1) is 0 Å². The van der Waals surface area contributed by atoms with Gasteiger partial charge < -0.3 is 30.9 Å². The van der Waals surface area contributed by atoms with Crippen LogP contribution >= 0.6 is 11.8 Å². The van der Waals surface area contributed by atoms with Crippen molar-refractivity contribution in [2.75, 3.05) is 23.8 Å². The van der Waals surface area contributed by atoms with Crippen LogP contribution < -0.4 is 41.5 Å². The number of fused-ring (bicyclic) bond motifs is 7. The number of benzene rings is 4. The summed E-state index contributed by atoms with van der Waals surface area (Å²) in [5.74, 6) is 0.898. The summed E-state index contributed by atoms with van der Waals surface area (Å²) in [4.78, 5) is 8.12. The number of allylic oxidation sites excluding steroid dienone is 5. The quantitative estimate of drug-likeness (QED) is 0.0957. The lowest BCUT2D eigenvalue weighted by Gasteiger charge is -2.38. The van der Waals surface area contributed by atoms with Gasteiger partial charge in [-0.3, -0.25) is 15.6 Å². The summed E-state index contributed by atoms with van der Waals surface area (Å²) in [6.07, 6.45) is 11.6. The van der Waals surface area contributed by atoms with Gasteiger partial charge in [0.15, 0.2) is 0 Å². The van der Waals surface area contributed by atoms with E-state index in [1.165, 1.54) is 66.6 Å². The van der Waals surface area contributed by atoms with Crippen LogP contribution in [-0.2, 0) is 10.8 Å². The minimum atomic E-state index is -0.228. The number of hydrogen-bond acceptors (Lipinski definition) is 10. The summed E-state index contributed by atoms with van der Waals surface area (Å²) in [5.41, 5.74) is 18.0. The molecule has 0 saturated heterocycles. The Morgan fingerprint density at radius 2 is 1.54 bits per heavy atom. The van der Waals surface area contributed by atoms with Crippen LogP contribution in [0.5, 0.6) is 5.75 Å². The van der Waals surface area contributed by atoms with Crippen molar-refractivity contribution >= 4 is 28.8 Å². The maximum absolute atomic E-state index is 6.23. The highest BCUT2D eigenvalue weighted by molar-refractivity contribution is 8.00. The predicted molar refractivity (Wildman–Crippen MR) is 281 cm³/mol. The summed E-state index contributed by atoms with van der Waals surface area (Å²) < 4.78 is 6.23. The molecule has 0 bridgehead atoms. The molecule has 0 saturated carbocycles. The van der Waals surface area contributed by atoms with Crippen molar-refractivity contribution in [3.8, 4) is 5.75 Å². The molecule has 4 aromatic carbocycles. The van der Waals surface area contributed by atoms with E-state index < -0.39 is 0 Å². The van der Waals surface area contributed by atoms with Gasteiger partial charge in [0.2, 0.25) is 6.23 Å². The zero-order valence-electron chi connectivity index (χ0n) is 40.9. The number of hydrogen-bond donors (Lipinski definition) is 6. The minimum Gasteiger partial charge on any atom is -0.462 e. The zero-order valence-corrected chi connectivity index (χ0v) is 41.7. The fourth-order valence-electron chi connectivity index (χ4n) is 11.5. The first-order chi connectivity index (χ1) is 32.9. The van der Waals surface area contributed by atoms with Gasteiger partial charge in [0, 0.05) is 69.9 Å². The molecule has 5 aliphatic heterocycles. The fraction of sp³-hybridized carbons (Fsp3) is 0.328. The molecule has 0 spiro atoms. The van der Waals surface area contributed by atoms with Crippen LogP contribution in [0.15, 0.2) is 173 Å². The second-order valence-corrected chi connectivity index (χ2v) is 20.9. The predicted octanol–water partition coefficient (Wildman–Crippen LogP) is 11.6. The van der Waals surface area contributed by atoms with Crippen LogP contribution in [0.1, 0.15) is 114 Å². The van der Waals surface area contributed by atoms with Gasteiger partial charge in [-0.25, -0.2) is 0 Å². The Balaban J connectivity index is 0.000000144. The number of dihydropyridines is 1. The molecule has 68 heavy (non-hydrogen) atoms. The summed E-state index contributed by atoms with van der Waals surface area (Å²) in [7, 11) is 2.05. The summed E-state index contributed by atoms with van der Waals surface area (Å²) >= 11 is 1.87. The highest BCUT2D eigenvalue weighted by atomic mass is 32.2. The van der Waals surface area contributed by atoms with Crippen molar-refractivity contribution in [2.24, 2.45) is 0 Å². The van der Waals surface area contributed by atoms with E-state index in [-0.39, 0.29) is 46.8 Å². The Labute approximate surface area is 407 Å². The van der Waals surface area contributed by atoms with Gasteiger partial charge in [-0.15, -0.1) is 0 Å². The van der Waals surface area contributed by atoms with E-state index in [0.717, 1.165) is 35.7 Å². The first kappa shape index (κ1) is 45.6. The first-order valence-electron chi connectivity index (χ1n) is 24.3. The molecule has 6 atom stereocenters. The molecule has 12 rings (SSSR count). The first-order valence-corrected chi connectivity index (χ1v) is 25.2. The molecular formula is C58H66N8OS. The van der Waals surface area contributed by atoms with Crippen LogP contribution in [0.3, 0.4) is 0 Å². The molecule has 0 amide bonds. The Bertz CT molecular complexity index is 2870. The fourth-order valence-corrected chi connectivity index (χ4v) is 12.6. The number of thioether (sulfide) groups is 1. The van der Waals surface area contributed by atoms with Crippen molar-refractivity contribution < 1.29 is 4.74 Å². The molecule has 5 aromatic rings. The molecule has 6 heterocycles. The van der Waals surface area contributed by atoms with Gasteiger partial charge in [0.25, 0.3) is 0 Å². The van der Waals surface area contributed by atoms with Gasteiger partial charge in [0.1, 0.15) is 29.1 Å². The van der Waals surface area contributed by atoms with Crippen molar-refractivity contribution in [3.05, 3.63) is 201 Å². The van der Waals surface area contributed by atoms with Crippen LogP contribution in [0.25, 0.3) is 5.70 Å². The lowest BCUT2D eigenvalue weighted by atomic mass is 9.78. The van der Waals surface area contributed by atoms with Gasteiger partial charge in [-0.1, -0.05) is 137 Å². The van der Waals surface area contributed by atoms with E-state index in [9.17, 15) is 0 Å². The van der Waals surface area contributed by atoms with Crippen LogP contribution in [0.2, 0.25) is 0 Å². The van der Waals surface area contributed by atoms with Crippen molar-refractivity contribution in [3.63, 3.8) is 0 Å². The van der Waals surface area contributed by atoms with E-state index in [4.69, 9.17) is 4.74 Å². The molecule has 1 aromatic heterocycles. The molecule has 6 unspecified atom stereocenters. The number of anilines is 2. The monoisotopic (exact) mass is 923 g/mol. The van der Waals surface area contributed by atoms with Gasteiger partial charge in [0.05, 0.1) is 11.7 Å². The number of nitrogens with one attached hydrogen (secondary N) is 6. The maximum Gasteiger partial charge on any atom is 0.215 e. The van der Waals surface area contributed by atoms with Gasteiger partial charge >= 0.3 is 0 Å². The third kappa shape index (κ3) is 8.10. The molecular weight excluding hydrogens is 857 g/mol. The molecule has 6 N–H and O–H groups in total. The van der Waals surface area contributed by atoms with Crippen LogP contribution in [0.4, 0.5) is 11.4 Å². The molecule has 2 aliphatic carbocycles. The molecule has 9 nitrogen and oxygen atoms in total. The molecule has 0 radical (unpaired) electrons. The van der Waals surface area contributed by atoms with Gasteiger partial charge in [-0.05, 0) is 109 Å². The Hall–Kier alpha value is -6.20. The third-order valence-electron chi connectivity index (χ3n) is 14.7.